The van der Waals surface area contributed by atoms with Gasteiger partial charge in [0.05, 0.1) is 6.10 Å². The van der Waals surface area contributed by atoms with E-state index in [1.54, 1.807) is 0 Å². The van der Waals surface area contributed by atoms with Crippen molar-refractivity contribution in [1.29, 1.82) is 0 Å². The molecule has 1 unspecified atom stereocenters. The van der Waals surface area contributed by atoms with E-state index in [9.17, 15) is 0 Å². The summed E-state index contributed by atoms with van der Waals surface area (Å²) >= 11 is 0. The predicted octanol–water partition coefficient (Wildman–Crippen LogP) is 0.0593. The lowest BCUT2D eigenvalue weighted by Crippen LogP contribution is -2.36. The molecule has 1 fully saturated rings. The molecular weight excluding hydrogens is 164 g/mol. The van der Waals surface area contributed by atoms with Crippen molar-refractivity contribution in [3.05, 3.63) is 0 Å². The van der Waals surface area contributed by atoms with E-state index in [-0.39, 0.29) is 6.10 Å². The molecule has 1 saturated heterocycles. The van der Waals surface area contributed by atoms with Crippen LogP contribution in [-0.2, 0) is 4.74 Å². The molecule has 0 bridgehead atoms. The van der Waals surface area contributed by atoms with Crippen molar-refractivity contribution < 1.29 is 4.74 Å². The first-order valence-electron chi connectivity index (χ1n) is 4.84. The van der Waals surface area contributed by atoms with Crippen molar-refractivity contribution in [3.8, 4) is 12.3 Å². The normalized spacial score (nSPS) is 25.1. The summed E-state index contributed by atoms with van der Waals surface area (Å²) in [5.41, 5.74) is 5.57. The Kier molecular flexibility index (Phi) is 4.84. The van der Waals surface area contributed by atoms with Crippen molar-refractivity contribution in [1.82, 2.24) is 4.90 Å². The first-order valence-corrected chi connectivity index (χ1v) is 4.84. The zero-order valence-electron chi connectivity index (χ0n) is 8.04. The Hall–Kier alpha value is -0.560. The minimum absolute atomic E-state index is 0.195. The SMILES string of the molecule is C#CCCN1CCCOC(CN)C1. The number of hydrogen-bond acceptors (Lipinski definition) is 3. The molecule has 1 atom stereocenters. The van der Waals surface area contributed by atoms with E-state index in [0.717, 1.165) is 39.1 Å². The van der Waals surface area contributed by atoms with Crippen LogP contribution < -0.4 is 5.73 Å². The van der Waals surface area contributed by atoms with E-state index in [4.69, 9.17) is 16.9 Å². The average molecular weight is 182 g/mol. The minimum Gasteiger partial charge on any atom is -0.376 e. The molecule has 0 aliphatic carbocycles. The summed E-state index contributed by atoms with van der Waals surface area (Å²) in [6, 6.07) is 0. The molecule has 0 saturated carbocycles. The van der Waals surface area contributed by atoms with Gasteiger partial charge in [0, 0.05) is 39.2 Å². The maximum Gasteiger partial charge on any atom is 0.0823 e. The minimum atomic E-state index is 0.195. The average Bonchev–Trinajstić information content (AvgIpc) is 2.39. The Balaban J connectivity index is 2.31. The first-order chi connectivity index (χ1) is 6.36. The molecule has 13 heavy (non-hydrogen) atoms. The Labute approximate surface area is 80.2 Å². The van der Waals surface area contributed by atoms with Crippen LogP contribution in [0.15, 0.2) is 0 Å². The Morgan fingerprint density at radius 3 is 3.15 bits per heavy atom. The van der Waals surface area contributed by atoms with Gasteiger partial charge in [-0.2, -0.15) is 0 Å². The molecule has 2 N–H and O–H groups in total. The van der Waals surface area contributed by atoms with Crippen molar-refractivity contribution in [2.75, 3.05) is 32.8 Å². The topological polar surface area (TPSA) is 38.5 Å². The zero-order valence-corrected chi connectivity index (χ0v) is 8.04. The van der Waals surface area contributed by atoms with E-state index >= 15 is 0 Å². The van der Waals surface area contributed by atoms with Gasteiger partial charge in [-0.05, 0) is 6.42 Å². The smallest absolute Gasteiger partial charge is 0.0823 e. The Morgan fingerprint density at radius 1 is 1.62 bits per heavy atom. The van der Waals surface area contributed by atoms with Crippen molar-refractivity contribution >= 4 is 0 Å². The number of rotatable bonds is 3. The van der Waals surface area contributed by atoms with Gasteiger partial charge in [-0.15, -0.1) is 12.3 Å². The highest BCUT2D eigenvalue weighted by atomic mass is 16.5. The predicted molar refractivity (Wildman–Crippen MR) is 53.3 cm³/mol. The molecule has 1 rings (SSSR count). The van der Waals surface area contributed by atoms with Crippen LogP contribution >= 0.6 is 0 Å². The van der Waals surface area contributed by atoms with Gasteiger partial charge in [0.15, 0.2) is 0 Å². The summed E-state index contributed by atoms with van der Waals surface area (Å²) in [4.78, 5) is 2.34. The molecular formula is C10H18N2O. The summed E-state index contributed by atoms with van der Waals surface area (Å²) in [6.07, 6.45) is 7.32. The summed E-state index contributed by atoms with van der Waals surface area (Å²) in [6.45, 7) is 4.41. The van der Waals surface area contributed by atoms with Gasteiger partial charge in [0.25, 0.3) is 0 Å². The molecule has 0 aromatic heterocycles. The quantitative estimate of drug-likeness (QED) is 0.627. The van der Waals surface area contributed by atoms with E-state index in [1.807, 2.05) is 0 Å². The van der Waals surface area contributed by atoms with Crippen molar-refractivity contribution in [2.45, 2.75) is 18.9 Å². The van der Waals surface area contributed by atoms with Crippen LogP contribution in [0.4, 0.5) is 0 Å². The maximum atomic E-state index is 5.57. The first kappa shape index (κ1) is 10.5. The fraction of sp³-hybridized carbons (Fsp3) is 0.800. The van der Waals surface area contributed by atoms with Crippen molar-refractivity contribution in [3.63, 3.8) is 0 Å². The fourth-order valence-corrected chi connectivity index (χ4v) is 1.54. The van der Waals surface area contributed by atoms with Gasteiger partial charge in [-0.25, -0.2) is 0 Å². The lowest BCUT2D eigenvalue weighted by atomic mass is 10.3. The number of nitrogens with two attached hydrogens (primary N) is 1. The Morgan fingerprint density at radius 2 is 2.46 bits per heavy atom. The van der Waals surface area contributed by atoms with Crippen LogP contribution in [0.1, 0.15) is 12.8 Å². The van der Waals surface area contributed by atoms with Gasteiger partial charge >= 0.3 is 0 Å². The van der Waals surface area contributed by atoms with Crippen LogP contribution in [0.25, 0.3) is 0 Å². The highest BCUT2D eigenvalue weighted by Gasteiger charge is 2.16. The number of hydrogen-bond donors (Lipinski definition) is 1. The molecule has 0 spiro atoms. The van der Waals surface area contributed by atoms with Crippen LogP contribution in [0.2, 0.25) is 0 Å². The number of nitrogens with zero attached hydrogens (tertiary/aromatic N) is 1. The van der Waals surface area contributed by atoms with E-state index in [1.165, 1.54) is 0 Å². The second-order valence-electron chi connectivity index (χ2n) is 3.34. The molecule has 1 heterocycles. The third kappa shape index (κ3) is 3.77. The van der Waals surface area contributed by atoms with Gasteiger partial charge in [0.1, 0.15) is 0 Å². The molecule has 0 aromatic rings. The van der Waals surface area contributed by atoms with Gasteiger partial charge in [-0.3, -0.25) is 4.90 Å². The lowest BCUT2D eigenvalue weighted by molar-refractivity contribution is 0.0609. The Bertz CT molecular complexity index is 176. The maximum absolute atomic E-state index is 5.57. The van der Waals surface area contributed by atoms with E-state index in [0.29, 0.717) is 6.54 Å². The number of terminal acetylenes is 1. The van der Waals surface area contributed by atoms with E-state index < -0.39 is 0 Å². The summed E-state index contributed by atoms with van der Waals surface area (Å²) in [7, 11) is 0. The second kappa shape index (κ2) is 5.98. The van der Waals surface area contributed by atoms with Gasteiger partial charge in [-0.1, -0.05) is 0 Å². The monoisotopic (exact) mass is 182 g/mol. The van der Waals surface area contributed by atoms with Crippen LogP contribution in [0.5, 0.6) is 0 Å². The molecule has 3 heteroatoms. The van der Waals surface area contributed by atoms with Crippen LogP contribution in [0, 0.1) is 12.3 Å². The second-order valence-corrected chi connectivity index (χ2v) is 3.34. The third-order valence-corrected chi connectivity index (χ3v) is 2.27. The number of ether oxygens (including phenoxy) is 1. The molecule has 3 nitrogen and oxygen atoms in total. The lowest BCUT2D eigenvalue weighted by Gasteiger charge is -2.21. The van der Waals surface area contributed by atoms with Crippen LogP contribution in [0.3, 0.4) is 0 Å². The summed E-state index contributed by atoms with van der Waals surface area (Å²) < 4.78 is 5.54. The molecule has 74 valence electrons. The molecule has 1 aliphatic heterocycles. The fourth-order valence-electron chi connectivity index (χ4n) is 1.54. The highest BCUT2D eigenvalue weighted by Crippen LogP contribution is 2.05. The molecule has 0 amide bonds. The summed E-state index contributed by atoms with van der Waals surface area (Å²) in [5, 5.41) is 0. The van der Waals surface area contributed by atoms with E-state index in [2.05, 4.69) is 10.8 Å². The summed E-state index contributed by atoms with van der Waals surface area (Å²) in [5.74, 6) is 2.65. The molecule has 1 aliphatic rings. The van der Waals surface area contributed by atoms with Crippen LogP contribution in [-0.4, -0.2) is 43.8 Å². The van der Waals surface area contributed by atoms with Gasteiger partial charge in [0.2, 0.25) is 0 Å². The molecule has 0 aromatic carbocycles. The highest BCUT2D eigenvalue weighted by molar-refractivity contribution is 4.85. The zero-order chi connectivity index (χ0) is 9.52. The third-order valence-electron chi connectivity index (χ3n) is 2.27. The van der Waals surface area contributed by atoms with Gasteiger partial charge < -0.3 is 10.5 Å². The standard InChI is InChI=1S/C10H18N2O/c1-2-3-5-12-6-4-7-13-10(8-11)9-12/h1,10H,3-9,11H2. The van der Waals surface area contributed by atoms with Crippen molar-refractivity contribution in [2.24, 2.45) is 5.73 Å². The largest absolute Gasteiger partial charge is 0.376 e. The molecule has 0 radical (unpaired) electrons.